The zero-order valence-corrected chi connectivity index (χ0v) is 14.7. The van der Waals surface area contributed by atoms with Crippen LogP contribution in [0.3, 0.4) is 0 Å². The molecule has 1 amide bonds. The minimum Gasteiger partial charge on any atom is -0.362 e. The van der Waals surface area contributed by atoms with Crippen molar-refractivity contribution in [2.24, 2.45) is 0 Å². The Hall–Kier alpha value is -2.81. The van der Waals surface area contributed by atoms with Crippen LogP contribution in [0.2, 0.25) is 0 Å². The summed E-state index contributed by atoms with van der Waals surface area (Å²) in [5.41, 5.74) is 2.41. The van der Waals surface area contributed by atoms with Gasteiger partial charge in [-0.05, 0) is 60.7 Å². The fourth-order valence-corrected chi connectivity index (χ4v) is 4.57. The third kappa shape index (κ3) is 2.31. The van der Waals surface area contributed by atoms with E-state index < -0.39 is 0 Å². The number of hydrogen-bond acceptors (Lipinski definition) is 2. The number of rotatable bonds is 1. The fraction of sp³-hybridized carbons (Fsp3) is 0.261. The Balaban J connectivity index is 1.71. The van der Waals surface area contributed by atoms with E-state index in [2.05, 4.69) is 23.5 Å². The molecule has 130 valence electrons. The van der Waals surface area contributed by atoms with Crippen LogP contribution in [-0.4, -0.2) is 11.6 Å². The van der Waals surface area contributed by atoms with Gasteiger partial charge in [0.2, 0.25) is 0 Å². The van der Waals surface area contributed by atoms with Crippen LogP contribution in [0.15, 0.2) is 66.7 Å². The highest BCUT2D eigenvalue weighted by atomic mass is 16.2. The number of benzene rings is 3. The highest BCUT2D eigenvalue weighted by Gasteiger charge is 2.46. The molecular weight excluding hydrogens is 320 g/mol. The second kappa shape index (κ2) is 5.87. The van der Waals surface area contributed by atoms with Gasteiger partial charge in [0.05, 0.1) is 5.56 Å². The molecule has 1 aliphatic heterocycles. The molecule has 0 unspecified atom stereocenters. The molecule has 0 bridgehead atoms. The van der Waals surface area contributed by atoms with Crippen LogP contribution in [0.1, 0.15) is 42.5 Å². The lowest BCUT2D eigenvalue weighted by Gasteiger charge is -2.50. The molecule has 0 atom stereocenters. The molecule has 3 aromatic carbocycles. The number of nitrogens with one attached hydrogen (secondary N) is 1. The number of carbonyl (C=O) groups excluding carboxylic acids is 1. The molecule has 1 N–H and O–H groups in total. The molecule has 1 fully saturated rings. The van der Waals surface area contributed by atoms with E-state index >= 15 is 0 Å². The maximum absolute atomic E-state index is 13.6. The van der Waals surface area contributed by atoms with Crippen LogP contribution in [-0.2, 0) is 0 Å². The number of carbonyl (C=O) groups is 1. The Morgan fingerprint density at radius 3 is 2.19 bits per heavy atom. The van der Waals surface area contributed by atoms with Crippen molar-refractivity contribution < 1.29 is 4.79 Å². The summed E-state index contributed by atoms with van der Waals surface area (Å²) in [5.74, 6) is 0.109. The summed E-state index contributed by atoms with van der Waals surface area (Å²) in [5, 5.41) is 6.07. The number of amides is 1. The summed E-state index contributed by atoms with van der Waals surface area (Å²) < 4.78 is 0. The number of anilines is 2. The van der Waals surface area contributed by atoms with Crippen molar-refractivity contribution in [2.45, 2.75) is 37.8 Å². The van der Waals surface area contributed by atoms with Crippen molar-refractivity contribution in [3.63, 3.8) is 0 Å². The number of hydrogen-bond donors (Lipinski definition) is 1. The number of fused-ring (bicyclic) bond motifs is 2. The van der Waals surface area contributed by atoms with Crippen molar-refractivity contribution in [1.29, 1.82) is 0 Å². The van der Waals surface area contributed by atoms with E-state index in [9.17, 15) is 4.79 Å². The lowest BCUT2D eigenvalue weighted by atomic mass is 9.84. The lowest BCUT2D eigenvalue weighted by molar-refractivity contribution is 0.0938. The van der Waals surface area contributed by atoms with E-state index in [1.807, 2.05) is 53.4 Å². The maximum atomic E-state index is 13.6. The molecule has 1 heterocycles. The van der Waals surface area contributed by atoms with Crippen molar-refractivity contribution in [1.82, 2.24) is 0 Å². The first kappa shape index (κ1) is 15.4. The van der Waals surface area contributed by atoms with E-state index in [0.29, 0.717) is 0 Å². The Bertz CT molecular complexity index is 974. The van der Waals surface area contributed by atoms with Gasteiger partial charge in [0.15, 0.2) is 0 Å². The van der Waals surface area contributed by atoms with Crippen LogP contribution in [0.5, 0.6) is 0 Å². The predicted octanol–water partition coefficient (Wildman–Crippen LogP) is 5.57. The van der Waals surface area contributed by atoms with E-state index in [1.165, 1.54) is 11.8 Å². The summed E-state index contributed by atoms with van der Waals surface area (Å²) in [4.78, 5) is 15.6. The average molecular weight is 342 g/mol. The second-order valence-electron chi connectivity index (χ2n) is 7.44. The third-order valence-corrected chi connectivity index (χ3v) is 5.81. The molecule has 0 saturated heterocycles. The lowest BCUT2D eigenvalue weighted by Crippen LogP contribution is -2.61. The Kier molecular flexibility index (Phi) is 3.49. The van der Waals surface area contributed by atoms with Gasteiger partial charge in [-0.1, -0.05) is 48.9 Å². The Labute approximate surface area is 153 Å². The van der Waals surface area contributed by atoms with Gasteiger partial charge in [-0.25, -0.2) is 0 Å². The molecular formula is C23H22N2O. The molecule has 5 rings (SSSR count). The number of para-hydroxylation sites is 1. The van der Waals surface area contributed by atoms with Gasteiger partial charge in [-0.3, -0.25) is 9.69 Å². The van der Waals surface area contributed by atoms with Gasteiger partial charge in [-0.2, -0.15) is 0 Å². The van der Waals surface area contributed by atoms with Gasteiger partial charge in [0.1, 0.15) is 5.66 Å². The van der Waals surface area contributed by atoms with Gasteiger partial charge in [0, 0.05) is 11.4 Å². The van der Waals surface area contributed by atoms with E-state index in [1.54, 1.807) is 0 Å². The van der Waals surface area contributed by atoms with E-state index in [-0.39, 0.29) is 11.6 Å². The van der Waals surface area contributed by atoms with E-state index in [4.69, 9.17) is 0 Å². The zero-order valence-electron chi connectivity index (χ0n) is 14.7. The summed E-state index contributed by atoms with van der Waals surface area (Å²) in [6.45, 7) is 0. The van der Waals surface area contributed by atoms with Crippen LogP contribution in [0.4, 0.5) is 11.4 Å². The average Bonchev–Trinajstić information content (AvgIpc) is 2.68. The summed E-state index contributed by atoms with van der Waals surface area (Å²) in [6, 6.07) is 22.5. The normalized spacial score (nSPS) is 18.6. The highest BCUT2D eigenvalue weighted by Crippen LogP contribution is 2.43. The Morgan fingerprint density at radius 2 is 1.46 bits per heavy atom. The van der Waals surface area contributed by atoms with Crippen LogP contribution in [0, 0.1) is 0 Å². The molecule has 0 radical (unpaired) electrons. The Morgan fingerprint density at radius 1 is 0.808 bits per heavy atom. The van der Waals surface area contributed by atoms with Crippen LogP contribution >= 0.6 is 0 Å². The smallest absolute Gasteiger partial charge is 0.262 e. The molecule has 0 aromatic heterocycles. The summed E-state index contributed by atoms with van der Waals surface area (Å²) in [7, 11) is 0. The number of nitrogens with zero attached hydrogens (tertiary/aromatic N) is 1. The molecule has 2 aliphatic rings. The van der Waals surface area contributed by atoms with Crippen LogP contribution < -0.4 is 10.2 Å². The minimum atomic E-state index is -0.313. The van der Waals surface area contributed by atoms with Crippen molar-refractivity contribution in [2.75, 3.05) is 10.2 Å². The van der Waals surface area contributed by atoms with Crippen molar-refractivity contribution in [3.05, 3.63) is 72.3 Å². The summed E-state index contributed by atoms with van der Waals surface area (Å²) in [6.07, 6.45) is 5.50. The first-order valence-electron chi connectivity index (χ1n) is 9.47. The summed E-state index contributed by atoms with van der Waals surface area (Å²) >= 11 is 0. The molecule has 1 saturated carbocycles. The third-order valence-electron chi connectivity index (χ3n) is 5.81. The molecule has 3 nitrogen and oxygen atoms in total. The first-order valence-corrected chi connectivity index (χ1v) is 9.47. The largest absolute Gasteiger partial charge is 0.362 e. The molecule has 26 heavy (non-hydrogen) atoms. The molecule has 1 spiro atoms. The van der Waals surface area contributed by atoms with Crippen molar-refractivity contribution >= 4 is 28.1 Å². The minimum absolute atomic E-state index is 0.109. The quantitative estimate of drug-likeness (QED) is 0.627. The zero-order chi connectivity index (χ0) is 17.6. The standard InChI is InChI=1S/C23H22N2O/c26-22-20-15-17-9-5-6-10-18(17)16-21(20)24-23(13-7-2-8-14-23)25(22)19-11-3-1-4-12-19/h1,3-6,9-12,15-16,24H,2,7-8,13-14H2. The highest BCUT2D eigenvalue weighted by molar-refractivity contribution is 6.15. The maximum Gasteiger partial charge on any atom is 0.262 e. The van der Waals surface area contributed by atoms with Gasteiger partial charge in [-0.15, -0.1) is 0 Å². The van der Waals surface area contributed by atoms with Crippen LogP contribution in [0.25, 0.3) is 10.8 Å². The first-order chi connectivity index (χ1) is 12.8. The SMILES string of the molecule is O=C1c2cc3ccccc3cc2NC2(CCCCC2)N1c1ccccc1. The molecule has 3 aromatic rings. The van der Waals surface area contributed by atoms with Gasteiger partial charge < -0.3 is 5.32 Å². The second-order valence-corrected chi connectivity index (χ2v) is 7.44. The molecule has 1 aliphatic carbocycles. The predicted molar refractivity (Wildman–Crippen MR) is 107 cm³/mol. The van der Waals surface area contributed by atoms with Gasteiger partial charge >= 0.3 is 0 Å². The fourth-order valence-electron chi connectivity index (χ4n) is 4.57. The molecule has 3 heteroatoms. The monoisotopic (exact) mass is 342 g/mol. The van der Waals surface area contributed by atoms with Gasteiger partial charge in [0.25, 0.3) is 5.91 Å². The van der Waals surface area contributed by atoms with Crippen molar-refractivity contribution in [3.8, 4) is 0 Å². The topological polar surface area (TPSA) is 32.3 Å². The van der Waals surface area contributed by atoms with E-state index in [0.717, 1.165) is 48.0 Å².